The van der Waals surface area contributed by atoms with Crippen molar-refractivity contribution in [1.29, 1.82) is 0 Å². The van der Waals surface area contributed by atoms with Gasteiger partial charge in [0.25, 0.3) is 0 Å². The molecular weight excluding hydrogens is 132 g/mol. The van der Waals surface area contributed by atoms with Gasteiger partial charge in [-0.25, -0.2) is 0 Å². The van der Waals surface area contributed by atoms with Crippen molar-refractivity contribution in [3.63, 3.8) is 0 Å². The lowest BCUT2D eigenvalue weighted by molar-refractivity contribution is 0.603. The maximum absolute atomic E-state index is 2.43. The van der Waals surface area contributed by atoms with E-state index in [9.17, 15) is 0 Å². The van der Waals surface area contributed by atoms with Gasteiger partial charge in [-0.15, -0.1) is 0 Å². The molecule has 0 spiro atoms. The van der Waals surface area contributed by atoms with E-state index in [1.54, 1.807) is 0 Å². The van der Waals surface area contributed by atoms with Crippen molar-refractivity contribution in [1.82, 2.24) is 0 Å². The van der Waals surface area contributed by atoms with E-state index in [-0.39, 0.29) is 0 Å². The van der Waals surface area contributed by atoms with E-state index in [1.807, 2.05) is 0 Å². The Bertz CT molecular complexity index is 131. The lowest BCUT2D eigenvalue weighted by atomic mass is 10.0. The Hall–Kier alpha value is -0.260. The molecule has 0 saturated heterocycles. The highest BCUT2D eigenvalue weighted by molar-refractivity contribution is 5.01. The minimum absolute atomic E-state index is 0.836. The maximum Gasteiger partial charge on any atom is -0.0205 e. The molecule has 0 heterocycles. The van der Waals surface area contributed by atoms with E-state index in [2.05, 4.69) is 32.9 Å². The Morgan fingerprint density at radius 2 is 1.91 bits per heavy atom. The highest BCUT2D eigenvalue weighted by Crippen LogP contribution is 2.39. The highest BCUT2D eigenvalue weighted by Gasteiger charge is 2.29. The number of hydrogen-bond acceptors (Lipinski definition) is 0. The summed E-state index contributed by atoms with van der Waals surface area (Å²) in [7, 11) is 0. The predicted molar refractivity (Wildman–Crippen MR) is 50.5 cm³/mol. The molecule has 0 aliphatic heterocycles. The van der Waals surface area contributed by atoms with Crippen LogP contribution in [0.2, 0.25) is 0 Å². The van der Waals surface area contributed by atoms with E-state index in [4.69, 9.17) is 0 Å². The normalized spacial score (nSPS) is 30.2. The molecule has 11 heavy (non-hydrogen) atoms. The van der Waals surface area contributed by atoms with Gasteiger partial charge in [-0.1, -0.05) is 32.9 Å². The van der Waals surface area contributed by atoms with Crippen LogP contribution < -0.4 is 0 Å². The molecule has 0 aromatic carbocycles. The second-order valence-electron chi connectivity index (χ2n) is 3.84. The van der Waals surface area contributed by atoms with Crippen LogP contribution in [0.3, 0.4) is 0 Å². The second kappa shape index (κ2) is 3.94. The molecule has 0 bridgehead atoms. The molecule has 1 aliphatic rings. The van der Waals surface area contributed by atoms with Gasteiger partial charge < -0.3 is 0 Å². The molecular formula is C11H20. The summed E-state index contributed by atoms with van der Waals surface area (Å²) >= 11 is 0. The first-order valence-electron chi connectivity index (χ1n) is 4.96. The molecule has 0 aromatic rings. The Labute approximate surface area is 70.7 Å². The van der Waals surface area contributed by atoms with E-state index >= 15 is 0 Å². The third-order valence-corrected chi connectivity index (χ3v) is 2.85. The zero-order valence-corrected chi connectivity index (χ0v) is 8.01. The molecule has 0 N–H and O–H groups in total. The largest absolute Gasteiger partial charge is 0.0852 e. The molecule has 0 heteroatoms. The van der Waals surface area contributed by atoms with Crippen molar-refractivity contribution < 1.29 is 0 Å². The van der Waals surface area contributed by atoms with Gasteiger partial charge in [0.15, 0.2) is 0 Å². The minimum Gasteiger partial charge on any atom is -0.0852 e. The molecule has 0 radical (unpaired) electrons. The summed E-state index contributed by atoms with van der Waals surface area (Å²) < 4.78 is 0. The average molecular weight is 152 g/mol. The number of hydrogen-bond donors (Lipinski definition) is 0. The lowest BCUT2D eigenvalue weighted by Gasteiger charge is -2.03. The Morgan fingerprint density at radius 3 is 2.27 bits per heavy atom. The zero-order chi connectivity index (χ0) is 8.27. The van der Waals surface area contributed by atoms with E-state index in [1.165, 1.54) is 19.3 Å². The SMILES string of the molecule is CCC(C=CC1CC1C)CC. The van der Waals surface area contributed by atoms with Gasteiger partial charge in [-0.2, -0.15) is 0 Å². The summed E-state index contributed by atoms with van der Waals surface area (Å²) in [6.45, 7) is 6.88. The van der Waals surface area contributed by atoms with E-state index < -0.39 is 0 Å². The fraction of sp³-hybridized carbons (Fsp3) is 0.818. The van der Waals surface area contributed by atoms with Crippen LogP contribution in [0.15, 0.2) is 12.2 Å². The number of rotatable bonds is 4. The predicted octanol–water partition coefficient (Wildman–Crippen LogP) is 3.63. The van der Waals surface area contributed by atoms with Crippen LogP contribution in [0, 0.1) is 17.8 Å². The molecule has 64 valence electrons. The fourth-order valence-corrected chi connectivity index (χ4v) is 1.48. The molecule has 1 saturated carbocycles. The van der Waals surface area contributed by atoms with Crippen LogP contribution >= 0.6 is 0 Å². The molecule has 1 rings (SSSR count). The van der Waals surface area contributed by atoms with Gasteiger partial charge >= 0.3 is 0 Å². The highest BCUT2D eigenvalue weighted by atomic mass is 14.3. The van der Waals surface area contributed by atoms with Crippen molar-refractivity contribution in [3.8, 4) is 0 Å². The first kappa shape index (κ1) is 8.83. The fourth-order valence-electron chi connectivity index (χ4n) is 1.48. The third kappa shape index (κ3) is 2.69. The van der Waals surface area contributed by atoms with Crippen LogP contribution in [0.4, 0.5) is 0 Å². The van der Waals surface area contributed by atoms with Gasteiger partial charge in [0.05, 0.1) is 0 Å². The molecule has 1 fully saturated rings. The standard InChI is InChI=1S/C11H20/c1-4-10(5-2)6-7-11-8-9(11)3/h6-7,9-11H,4-5,8H2,1-3H3. The van der Waals surface area contributed by atoms with Crippen LogP contribution in [-0.2, 0) is 0 Å². The van der Waals surface area contributed by atoms with Gasteiger partial charge in [0, 0.05) is 0 Å². The monoisotopic (exact) mass is 152 g/mol. The smallest absolute Gasteiger partial charge is 0.0205 e. The van der Waals surface area contributed by atoms with Crippen LogP contribution in [-0.4, -0.2) is 0 Å². The Morgan fingerprint density at radius 1 is 1.36 bits per heavy atom. The molecule has 2 atom stereocenters. The first-order chi connectivity index (χ1) is 5.27. The quantitative estimate of drug-likeness (QED) is 0.539. The van der Waals surface area contributed by atoms with Crippen molar-refractivity contribution >= 4 is 0 Å². The van der Waals surface area contributed by atoms with Crippen molar-refractivity contribution in [2.24, 2.45) is 17.8 Å². The third-order valence-electron chi connectivity index (χ3n) is 2.85. The van der Waals surface area contributed by atoms with Gasteiger partial charge in [0.2, 0.25) is 0 Å². The van der Waals surface area contributed by atoms with Gasteiger partial charge in [-0.3, -0.25) is 0 Å². The topological polar surface area (TPSA) is 0 Å². The summed E-state index contributed by atoms with van der Waals surface area (Å²) in [6, 6.07) is 0. The van der Waals surface area contributed by atoms with Gasteiger partial charge in [-0.05, 0) is 37.0 Å². The summed E-state index contributed by atoms with van der Waals surface area (Å²) in [4.78, 5) is 0. The summed E-state index contributed by atoms with van der Waals surface area (Å²) in [5.41, 5.74) is 0. The van der Waals surface area contributed by atoms with Crippen LogP contribution in [0.1, 0.15) is 40.0 Å². The zero-order valence-electron chi connectivity index (χ0n) is 8.01. The van der Waals surface area contributed by atoms with Crippen molar-refractivity contribution in [2.45, 2.75) is 40.0 Å². The van der Waals surface area contributed by atoms with E-state index in [0.717, 1.165) is 17.8 Å². The van der Waals surface area contributed by atoms with Crippen LogP contribution in [0.25, 0.3) is 0 Å². The number of allylic oxidation sites excluding steroid dienone is 2. The summed E-state index contributed by atoms with van der Waals surface area (Å²) in [5.74, 6) is 2.74. The molecule has 1 aliphatic carbocycles. The minimum atomic E-state index is 0.836. The Balaban J connectivity index is 2.21. The molecule has 0 amide bonds. The van der Waals surface area contributed by atoms with Crippen molar-refractivity contribution in [2.75, 3.05) is 0 Å². The average Bonchev–Trinajstić information content (AvgIpc) is 2.69. The first-order valence-corrected chi connectivity index (χ1v) is 4.96. The molecule has 0 aromatic heterocycles. The maximum atomic E-state index is 2.43. The summed E-state index contributed by atoms with van der Waals surface area (Å²) in [5, 5.41) is 0. The molecule has 0 nitrogen and oxygen atoms in total. The Kier molecular flexibility index (Phi) is 3.16. The molecule has 2 unspecified atom stereocenters. The van der Waals surface area contributed by atoms with Crippen molar-refractivity contribution in [3.05, 3.63) is 12.2 Å². The van der Waals surface area contributed by atoms with Crippen LogP contribution in [0.5, 0.6) is 0 Å². The van der Waals surface area contributed by atoms with Gasteiger partial charge in [0.1, 0.15) is 0 Å². The summed E-state index contributed by atoms with van der Waals surface area (Å²) in [6.07, 6.45) is 8.88. The second-order valence-corrected chi connectivity index (χ2v) is 3.84. The lowest BCUT2D eigenvalue weighted by Crippen LogP contribution is -1.90. The van der Waals surface area contributed by atoms with E-state index in [0.29, 0.717) is 0 Å².